The van der Waals surface area contributed by atoms with Gasteiger partial charge in [-0.25, -0.2) is 0 Å². The number of carbonyl (C=O) groups is 3. The molecular formula is C58H100O6. The third-order valence-corrected chi connectivity index (χ3v) is 11.5. The Bertz CT molecular complexity index is 1210. The van der Waals surface area contributed by atoms with E-state index in [1.54, 1.807) is 0 Å². The molecule has 0 bridgehead atoms. The standard InChI is InChI=1S/C58H100O6/c1-4-7-10-13-16-19-22-24-26-28-30-31-33-36-39-42-45-48-51-57(60)63-54-55(53-62-56(59)50-47-44-41-38-35-21-18-15-12-9-6-3)64-58(61)52-49-46-43-40-37-34-32-29-27-25-23-20-17-14-11-8-5-2/h9,12,18,21-22,24,26,28,30-31,38,41,55H,4-8,10-11,13-17,19-20,23,25,27,29,32-37,39-40,42-54H2,1-3H3/b12-9-,21-18-,24-22-,28-26-,31-30-,41-38-. The molecule has 6 nitrogen and oxygen atoms in total. The summed E-state index contributed by atoms with van der Waals surface area (Å²) in [6, 6.07) is 0. The minimum Gasteiger partial charge on any atom is -0.462 e. The average Bonchev–Trinajstić information content (AvgIpc) is 3.29. The van der Waals surface area contributed by atoms with Gasteiger partial charge in [-0.1, -0.05) is 241 Å². The van der Waals surface area contributed by atoms with Gasteiger partial charge in [-0.3, -0.25) is 14.4 Å². The monoisotopic (exact) mass is 893 g/mol. The molecule has 0 aliphatic rings. The summed E-state index contributed by atoms with van der Waals surface area (Å²) in [6.45, 7) is 6.45. The zero-order chi connectivity index (χ0) is 46.5. The van der Waals surface area contributed by atoms with Crippen molar-refractivity contribution in [1.82, 2.24) is 0 Å². The molecule has 0 amide bonds. The molecule has 1 atom stereocenters. The van der Waals surface area contributed by atoms with Crippen molar-refractivity contribution in [2.24, 2.45) is 0 Å². The largest absolute Gasteiger partial charge is 0.462 e. The van der Waals surface area contributed by atoms with Crippen LogP contribution in [0.15, 0.2) is 72.9 Å². The quantitative estimate of drug-likeness (QED) is 0.0199. The molecule has 0 aliphatic carbocycles. The lowest BCUT2D eigenvalue weighted by Gasteiger charge is -2.18. The van der Waals surface area contributed by atoms with Crippen molar-refractivity contribution >= 4 is 17.9 Å². The fourth-order valence-corrected chi connectivity index (χ4v) is 7.47. The lowest BCUT2D eigenvalue weighted by atomic mass is 10.0. The molecule has 0 fully saturated rings. The van der Waals surface area contributed by atoms with Gasteiger partial charge in [0.2, 0.25) is 0 Å². The van der Waals surface area contributed by atoms with Crippen LogP contribution in [0.25, 0.3) is 0 Å². The molecule has 0 N–H and O–H groups in total. The van der Waals surface area contributed by atoms with Crippen LogP contribution in [0.3, 0.4) is 0 Å². The van der Waals surface area contributed by atoms with Gasteiger partial charge in [0, 0.05) is 19.3 Å². The third kappa shape index (κ3) is 49.9. The lowest BCUT2D eigenvalue weighted by Crippen LogP contribution is -2.30. The van der Waals surface area contributed by atoms with Crippen molar-refractivity contribution in [2.75, 3.05) is 13.2 Å². The van der Waals surface area contributed by atoms with Crippen LogP contribution in [0, 0.1) is 0 Å². The zero-order valence-electron chi connectivity index (χ0n) is 42.0. The van der Waals surface area contributed by atoms with Crippen LogP contribution in [-0.4, -0.2) is 37.2 Å². The molecule has 0 aromatic rings. The van der Waals surface area contributed by atoms with Gasteiger partial charge in [0.05, 0.1) is 0 Å². The molecule has 0 rings (SSSR count). The molecule has 0 aliphatic heterocycles. The number of esters is 3. The molecule has 64 heavy (non-hydrogen) atoms. The van der Waals surface area contributed by atoms with Gasteiger partial charge in [0.15, 0.2) is 6.10 Å². The van der Waals surface area contributed by atoms with Gasteiger partial charge < -0.3 is 14.2 Å². The number of unbranched alkanes of at least 4 members (excludes halogenated alkanes) is 27. The van der Waals surface area contributed by atoms with Gasteiger partial charge in [-0.2, -0.15) is 0 Å². The summed E-state index contributed by atoms with van der Waals surface area (Å²) in [7, 11) is 0. The minimum atomic E-state index is -0.802. The zero-order valence-corrected chi connectivity index (χ0v) is 42.0. The number of hydrogen-bond acceptors (Lipinski definition) is 6. The summed E-state index contributed by atoms with van der Waals surface area (Å²) in [5, 5.41) is 0. The molecule has 0 radical (unpaired) electrons. The summed E-state index contributed by atoms with van der Waals surface area (Å²) in [6.07, 6.45) is 66.1. The molecule has 1 unspecified atom stereocenters. The Hall–Kier alpha value is -3.15. The predicted molar refractivity (Wildman–Crippen MR) is 274 cm³/mol. The van der Waals surface area contributed by atoms with Crippen LogP contribution in [0.1, 0.15) is 258 Å². The molecular weight excluding hydrogens is 793 g/mol. The smallest absolute Gasteiger partial charge is 0.306 e. The van der Waals surface area contributed by atoms with E-state index in [2.05, 4.69) is 93.7 Å². The second-order valence-electron chi connectivity index (χ2n) is 17.8. The van der Waals surface area contributed by atoms with Crippen LogP contribution >= 0.6 is 0 Å². The van der Waals surface area contributed by atoms with Crippen molar-refractivity contribution in [3.63, 3.8) is 0 Å². The van der Waals surface area contributed by atoms with Crippen LogP contribution in [-0.2, 0) is 28.6 Å². The molecule has 368 valence electrons. The summed E-state index contributed by atoms with van der Waals surface area (Å²) in [5.41, 5.74) is 0. The Labute approximate surface area is 395 Å². The second-order valence-corrected chi connectivity index (χ2v) is 17.8. The number of carbonyl (C=O) groups excluding carboxylic acids is 3. The van der Waals surface area contributed by atoms with E-state index in [-0.39, 0.29) is 37.5 Å². The van der Waals surface area contributed by atoms with E-state index in [0.29, 0.717) is 19.3 Å². The van der Waals surface area contributed by atoms with Gasteiger partial charge >= 0.3 is 17.9 Å². The molecule has 0 saturated carbocycles. The highest BCUT2D eigenvalue weighted by Crippen LogP contribution is 2.15. The second kappa shape index (κ2) is 52.5. The molecule has 6 heteroatoms. The lowest BCUT2D eigenvalue weighted by molar-refractivity contribution is -0.167. The van der Waals surface area contributed by atoms with E-state index in [9.17, 15) is 14.4 Å². The average molecular weight is 893 g/mol. The van der Waals surface area contributed by atoms with E-state index in [0.717, 1.165) is 89.9 Å². The van der Waals surface area contributed by atoms with Crippen molar-refractivity contribution in [3.8, 4) is 0 Å². The first-order chi connectivity index (χ1) is 31.5. The van der Waals surface area contributed by atoms with Gasteiger partial charge in [0.1, 0.15) is 13.2 Å². The Balaban J connectivity index is 4.41. The van der Waals surface area contributed by atoms with E-state index >= 15 is 0 Å². The SMILES string of the molecule is CC/C=C\C/C=C\C/C=C\CCCC(=O)OCC(COC(=O)CCCCCCC\C=C/C=C\C=C/CCCCCCC)OC(=O)CCCCCCCCCCCCCCCCCCC. The van der Waals surface area contributed by atoms with Gasteiger partial charge in [0.25, 0.3) is 0 Å². The Morgan fingerprint density at radius 2 is 0.688 bits per heavy atom. The summed E-state index contributed by atoms with van der Waals surface area (Å²) in [5.74, 6) is -0.968. The molecule has 0 spiro atoms. The Morgan fingerprint density at radius 1 is 0.344 bits per heavy atom. The van der Waals surface area contributed by atoms with Crippen LogP contribution in [0.5, 0.6) is 0 Å². The number of rotatable bonds is 48. The summed E-state index contributed by atoms with van der Waals surface area (Å²) < 4.78 is 16.7. The maximum absolute atomic E-state index is 12.8. The van der Waals surface area contributed by atoms with Crippen LogP contribution < -0.4 is 0 Å². The molecule has 0 aromatic heterocycles. The van der Waals surface area contributed by atoms with Crippen molar-refractivity contribution < 1.29 is 28.6 Å². The number of allylic oxidation sites excluding steroid dienone is 12. The van der Waals surface area contributed by atoms with Crippen LogP contribution in [0.4, 0.5) is 0 Å². The highest BCUT2D eigenvalue weighted by atomic mass is 16.6. The van der Waals surface area contributed by atoms with Gasteiger partial charge in [-0.15, -0.1) is 0 Å². The topological polar surface area (TPSA) is 78.9 Å². The first-order valence-electron chi connectivity index (χ1n) is 27.0. The van der Waals surface area contributed by atoms with Crippen molar-refractivity contribution in [1.29, 1.82) is 0 Å². The highest BCUT2D eigenvalue weighted by Gasteiger charge is 2.19. The van der Waals surface area contributed by atoms with E-state index in [4.69, 9.17) is 14.2 Å². The fraction of sp³-hybridized carbons (Fsp3) is 0.741. The van der Waals surface area contributed by atoms with Gasteiger partial charge in [-0.05, 0) is 70.6 Å². The van der Waals surface area contributed by atoms with Crippen molar-refractivity contribution in [2.45, 2.75) is 264 Å². The van der Waals surface area contributed by atoms with E-state index in [1.807, 2.05) is 0 Å². The highest BCUT2D eigenvalue weighted by molar-refractivity contribution is 5.71. The molecule has 0 saturated heterocycles. The first kappa shape index (κ1) is 60.9. The first-order valence-corrected chi connectivity index (χ1v) is 27.0. The minimum absolute atomic E-state index is 0.100. The fourth-order valence-electron chi connectivity index (χ4n) is 7.47. The third-order valence-electron chi connectivity index (χ3n) is 11.5. The summed E-state index contributed by atoms with van der Waals surface area (Å²) >= 11 is 0. The predicted octanol–water partition coefficient (Wildman–Crippen LogP) is 17.8. The normalized spacial score (nSPS) is 12.6. The van der Waals surface area contributed by atoms with Crippen LogP contribution in [0.2, 0.25) is 0 Å². The van der Waals surface area contributed by atoms with Crippen molar-refractivity contribution in [3.05, 3.63) is 72.9 Å². The Morgan fingerprint density at radius 3 is 1.12 bits per heavy atom. The molecule has 0 aromatic carbocycles. The maximum Gasteiger partial charge on any atom is 0.306 e. The van der Waals surface area contributed by atoms with E-state index < -0.39 is 6.10 Å². The summed E-state index contributed by atoms with van der Waals surface area (Å²) in [4.78, 5) is 38.0. The van der Waals surface area contributed by atoms with E-state index in [1.165, 1.54) is 122 Å². The number of ether oxygens (including phenoxy) is 3. The maximum atomic E-state index is 12.8. The molecule has 0 heterocycles. The number of hydrogen-bond donors (Lipinski definition) is 0. The Kier molecular flexibility index (Phi) is 49.9.